The fourth-order valence-electron chi connectivity index (χ4n) is 4.71. The minimum absolute atomic E-state index is 0.139. The number of nitrogens with two attached hydrogens (primary N) is 1. The quantitative estimate of drug-likeness (QED) is 0.121. The predicted octanol–water partition coefficient (Wildman–Crippen LogP) is 5.62. The molecule has 0 amide bonds. The molecule has 2 rings (SSSR count). The normalized spacial score (nSPS) is 21.6. The van der Waals surface area contributed by atoms with E-state index in [4.69, 9.17) is 27.4 Å². The van der Waals surface area contributed by atoms with Gasteiger partial charge in [-0.2, -0.15) is 0 Å². The van der Waals surface area contributed by atoms with Crippen molar-refractivity contribution in [1.29, 1.82) is 0 Å². The van der Waals surface area contributed by atoms with Gasteiger partial charge in [0.2, 0.25) is 4.77 Å². The van der Waals surface area contributed by atoms with Gasteiger partial charge >= 0.3 is 5.97 Å². The molecule has 9 heteroatoms. The number of carbonyl (C=O) groups is 1. The number of aromatic nitrogens is 2. The van der Waals surface area contributed by atoms with Crippen molar-refractivity contribution in [2.24, 2.45) is 0 Å². The zero-order valence-corrected chi connectivity index (χ0v) is 22.8. The van der Waals surface area contributed by atoms with Crippen LogP contribution in [0.2, 0.25) is 0 Å². The summed E-state index contributed by atoms with van der Waals surface area (Å²) >= 11 is 5.19. The Morgan fingerprint density at radius 1 is 1.03 bits per heavy atom. The van der Waals surface area contributed by atoms with Crippen LogP contribution >= 0.6 is 12.2 Å². The summed E-state index contributed by atoms with van der Waals surface area (Å²) < 4.78 is 12.8. The zero-order valence-electron chi connectivity index (χ0n) is 22.0. The number of hydrogen-bond donors (Lipinski definition) is 3. The molecule has 2 heterocycles. The second-order valence-electron chi connectivity index (χ2n) is 9.93. The van der Waals surface area contributed by atoms with Crippen LogP contribution in [0.4, 0.5) is 5.82 Å². The van der Waals surface area contributed by atoms with E-state index < -0.39 is 30.5 Å². The van der Waals surface area contributed by atoms with E-state index >= 15 is 0 Å². The minimum atomic E-state index is -1.18. The van der Waals surface area contributed by atoms with E-state index in [2.05, 4.69) is 11.9 Å². The monoisotopic (exact) mass is 525 g/mol. The van der Waals surface area contributed by atoms with Gasteiger partial charge in [0, 0.05) is 12.6 Å². The fraction of sp³-hybridized carbons (Fsp3) is 0.815. The highest BCUT2D eigenvalue weighted by Gasteiger charge is 2.46. The van der Waals surface area contributed by atoms with Crippen LogP contribution in [0.5, 0.6) is 0 Å². The lowest BCUT2D eigenvalue weighted by atomic mass is 10.0. The van der Waals surface area contributed by atoms with E-state index in [0.717, 1.165) is 19.3 Å². The van der Waals surface area contributed by atoms with Gasteiger partial charge in [0.15, 0.2) is 12.3 Å². The van der Waals surface area contributed by atoms with Gasteiger partial charge in [0.1, 0.15) is 18.0 Å². The fourth-order valence-corrected chi connectivity index (χ4v) is 4.98. The molecule has 0 spiro atoms. The van der Waals surface area contributed by atoms with Crippen molar-refractivity contribution in [2.45, 2.75) is 134 Å². The van der Waals surface area contributed by atoms with Crippen LogP contribution < -0.4 is 5.73 Å². The molecule has 0 saturated carbocycles. The maximum Gasteiger partial charge on any atom is 0.306 e. The summed E-state index contributed by atoms with van der Waals surface area (Å²) in [5, 5.41) is 20.4. The minimum Gasteiger partial charge on any atom is -0.457 e. The number of nitrogen functional groups attached to an aromatic ring is 1. The van der Waals surface area contributed by atoms with E-state index in [1.807, 2.05) is 0 Å². The Morgan fingerprint density at radius 2 is 1.56 bits per heavy atom. The Labute approximate surface area is 221 Å². The Hall–Kier alpha value is -1.55. The number of nitrogens with zero attached hydrogens (tertiary/aromatic N) is 2. The smallest absolute Gasteiger partial charge is 0.306 e. The Balaban J connectivity index is 1.54. The topological polar surface area (TPSA) is 120 Å². The van der Waals surface area contributed by atoms with Gasteiger partial charge in [-0.05, 0) is 24.7 Å². The van der Waals surface area contributed by atoms with Crippen LogP contribution in [0.1, 0.15) is 116 Å². The molecule has 0 bridgehead atoms. The van der Waals surface area contributed by atoms with Crippen molar-refractivity contribution >= 4 is 24.0 Å². The average Bonchev–Trinajstić information content (AvgIpc) is 3.16. The number of aliphatic hydroxyl groups is 2. The van der Waals surface area contributed by atoms with Gasteiger partial charge in [0.25, 0.3) is 0 Å². The van der Waals surface area contributed by atoms with Gasteiger partial charge in [-0.15, -0.1) is 0 Å². The van der Waals surface area contributed by atoms with Crippen LogP contribution in [0.15, 0.2) is 12.3 Å². The van der Waals surface area contributed by atoms with Crippen LogP contribution in [0, 0.1) is 4.77 Å². The van der Waals surface area contributed by atoms with E-state index in [9.17, 15) is 15.0 Å². The number of aliphatic hydroxyl groups excluding tert-OH is 2. The molecule has 4 N–H and O–H groups in total. The molecule has 1 aromatic heterocycles. The molecule has 1 saturated heterocycles. The third-order valence-corrected chi connectivity index (χ3v) is 7.17. The summed E-state index contributed by atoms with van der Waals surface area (Å²) in [6, 6.07) is 1.54. The van der Waals surface area contributed by atoms with Gasteiger partial charge < -0.3 is 25.4 Å². The number of unbranched alkanes of at least 4 members (excludes halogenated alkanes) is 14. The maximum absolute atomic E-state index is 12.4. The first-order valence-corrected chi connectivity index (χ1v) is 14.4. The molecule has 8 nitrogen and oxygen atoms in total. The van der Waals surface area contributed by atoms with Crippen molar-refractivity contribution in [3.63, 3.8) is 0 Å². The second-order valence-corrected chi connectivity index (χ2v) is 10.3. The molecule has 36 heavy (non-hydrogen) atoms. The average molecular weight is 526 g/mol. The first kappa shape index (κ1) is 30.7. The van der Waals surface area contributed by atoms with Gasteiger partial charge in [-0.25, -0.2) is 4.98 Å². The molecule has 1 aromatic rings. The molecule has 0 aromatic carbocycles. The number of anilines is 1. The van der Waals surface area contributed by atoms with Crippen LogP contribution in [-0.2, 0) is 14.3 Å². The van der Waals surface area contributed by atoms with Crippen LogP contribution in [0.3, 0.4) is 0 Å². The molecule has 1 aliphatic rings. The third-order valence-electron chi connectivity index (χ3n) is 6.87. The largest absolute Gasteiger partial charge is 0.457 e. The van der Waals surface area contributed by atoms with Crippen molar-refractivity contribution < 1.29 is 24.5 Å². The molecule has 1 aliphatic heterocycles. The number of rotatable bonds is 19. The van der Waals surface area contributed by atoms with Gasteiger partial charge in [0.05, 0.1) is 6.61 Å². The molecular weight excluding hydrogens is 478 g/mol. The first-order valence-electron chi connectivity index (χ1n) is 14.0. The highest BCUT2D eigenvalue weighted by atomic mass is 32.1. The predicted molar refractivity (Wildman–Crippen MR) is 144 cm³/mol. The summed E-state index contributed by atoms with van der Waals surface area (Å²) in [4.78, 5) is 16.4. The molecular formula is C27H47N3O5S. The highest BCUT2D eigenvalue weighted by Crippen LogP contribution is 2.32. The molecule has 0 unspecified atom stereocenters. The van der Waals surface area contributed by atoms with Crippen molar-refractivity contribution in [3.05, 3.63) is 17.0 Å². The zero-order chi connectivity index (χ0) is 26.2. The molecule has 4 atom stereocenters. The highest BCUT2D eigenvalue weighted by molar-refractivity contribution is 7.71. The SMILES string of the molecule is CCCCCCCCCCCCCCCCCC(=O)O[C@H]1[C@H](O)[C@H](n2ccc(N)nc2=S)O[C@@H]1CO. The first-order chi connectivity index (χ1) is 17.5. The standard InChI is InChI=1S/C27H47N3O5S/c1-2-3-4-5-6-7-8-9-10-11-12-13-14-15-16-17-23(32)35-25-21(20-31)34-26(24(25)33)30-19-18-22(28)29-27(30)36/h18-19,21,24-26,31,33H,2-17,20H2,1H3,(H2,28,29,36)/t21-,24+,25-,26-/m1/s1. The third kappa shape index (κ3) is 10.8. The summed E-state index contributed by atoms with van der Waals surface area (Å²) in [7, 11) is 0. The summed E-state index contributed by atoms with van der Waals surface area (Å²) in [6.45, 7) is 1.87. The Morgan fingerprint density at radius 3 is 2.06 bits per heavy atom. The molecule has 0 aliphatic carbocycles. The van der Waals surface area contributed by atoms with Crippen LogP contribution in [-0.4, -0.2) is 50.7 Å². The summed E-state index contributed by atoms with van der Waals surface area (Å²) in [5.41, 5.74) is 5.63. The number of hydrogen-bond acceptors (Lipinski definition) is 8. The lowest BCUT2D eigenvalue weighted by Gasteiger charge is -2.20. The second kappa shape index (κ2) is 17.8. The molecule has 0 radical (unpaired) electrons. The maximum atomic E-state index is 12.4. The van der Waals surface area contributed by atoms with Crippen molar-refractivity contribution in [3.8, 4) is 0 Å². The van der Waals surface area contributed by atoms with E-state index in [1.165, 1.54) is 87.7 Å². The van der Waals surface area contributed by atoms with Crippen molar-refractivity contribution in [2.75, 3.05) is 12.3 Å². The summed E-state index contributed by atoms with van der Waals surface area (Å²) in [5.74, 6) is -0.135. The molecule has 1 fully saturated rings. The summed E-state index contributed by atoms with van der Waals surface area (Å²) in [6.07, 6.45) is 16.9. The Kier molecular flexibility index (Phi) is 15.2. The van der Waals surface area contributed by atoms with Gasteiger partial charge in [-0.1, -0.05) is 96.8 Å². The van der Waals surface area contributed by atoms with Crippen molar-refractivity contribution in [1.82, 2.24) is 9.55 Å². The molecule has 206 valence electrons. The van der Waals surface area contributed by atoms with E-state index in [0.29, 0.717) is 0 Å². The number of esters is 1. The lowest BCUT2D eigenvalue weighted by Crippen LogP contribution is -2.38. The van der Waals surface area contributed by atoms with E-state index in [1.54, 1.807) is 6.20 Å². The van der Waals surface area contributed by atoms with Crippen LogP contribution in [0.25, 0.3) is 0 Å². The van der Waals surface area contributed by atoms with E-state index in [-0.39, 0.29) is 23.6 Å². The Bertz CT molecular complexity index is 806. The number of ether oxygens (including phenoxy) is 2. The van der Waals surface area contributed by atoms with Gasteiger partial charge in [-0.3, -0.25) is 9.36 Å². The lowest BCUT2D eigenvalue weighted by molar-refractivity contribution is -0.156. The number of carbonyl (C=O) groups excluding carboxylic acids is 1.